The predicted octanol–water partition coefficient (Wildman–Crippen LogP) is 1.47. The molecule has 0 aromatic carbocycles. The number of hydrogen-bond donors (Lipinski definition) is 0. The van der Waals surface area contributed by atoms with Crippen LogP contribution in [0.25, 0.3) is 0 Å². The molecular formula is C6H5Ce-. The first-order valence-corrected chi connectivity index (χ1v) is 1.85. The summed E-state index contributed by atoms with van der Waals surface area (Å²) in [4.78, 5) is 0. The van der Waals surface area contributed by atoms with Crippen LogP contribution in [0.2, 0.25) is 0 Å². The second-order valence-electron chi connectivity index (χ2n) is 1.20. The minimum Gasteiger partial charge on any atom is -0.178 e. The quantitative estimate of drug-likeness (QED) is 0.539. The Morgan fingerprint density at radius 2 is 2.29 bits per heavy atom. The van der Waals surface area contributed by atoms with E-state index in [1.165, 1.54) is 0 Å². The summed E-state index contributed by atoms with van der Waals surface area (Å²) in [5.41, 5.74) is 0.968. The van der Waals surface area contributed by atoms with Gasteiger partial charge in [-0.05, 0) is 0 Å². The number of rotatable bonds is 0. The van der Waals surface area contributed by atoms with Crippen LogP contribution in [0.3, 0.4) is 0 Å². The maximum Gasteiger partial charge on any atom is 0 e. The van der Waals surface area contributed by atoms with Gasteiger partial charge in [-0.15, -0.1) is 6.08 Å². The van der Waals surface area contributed by atoms with Crippen molar-refractivity contribution in [2.75, 3.05) is 0 Å². The minimum absolute atomic E-state index is 0. The van der Waals surface area contributed by atoms with E-state index in [0.29, 0.717) is 0 Å². The summed E-state index contributed by atoms with van der Waals surface area (Å²) in [6, 6.07) is 0. The van der Waals surface area contributed by atoms with Crippen LogP contribution in [0.15, 0.2) is 30.4 Å². The molecule has 0 fully saturated rings. The molecule has 1 heteroatoms. The third kappa shape index (κ3) is 2.42. The van der Waals surface area contributed by atoms with Crippen LogP contribution in [0, 0.1) is 47.8 Å². The van der Waals surface area contributed by atoms with Crippen molar-refractivity contribution in [1.29, 1.82) is 0 Å². The maximum atomic E-state index is 3.62. The van der Waals surface area contributed by atoms with Gasteiger partial charge in [0.2, 0.25) is 0 Å². The molecule has 1 aliphatic carbocycles. The fourth-order valence-corrected chi connectivity index (χ4v) is 0.368. The average Bonchev–Trinajstić information content (AvgIpc) is 1.86. The molecular weight excluding hydrogens is 212 g/mol. The molecule has 7 heavy (non-hydrogen) atoms. The molecule has 0 aliphatic heterocycles. The van der Waals surface area contributed by atoms with Gasteiger partial charge in [-0.3, -0.25) is 0 Å². The molecule has 0 spiro atoms. The van der Waals surface area contributed by atoms with E-state index in [9.17, 15) is 0 Å². The molecule has 0 radical (unpaired) electrons. The molecule has 0 unspecified atom stereocenters. The molecule has 0 aromatic rings. The van der Waals surface area contributed by atoms with Crippen molar-refractivity contribution in [3.8, 4) is 0 Å². The smallest absolute Gasteiger partial charge is 0 e. The molecule has 1 aliphatic rings. The SMILES string of the molecule is C=C1[C-]=CC=C1.[Ce]. The maximum absolute atomic E-state index is 3.62. The van der Waals surface area contributed by atoms with E-state index in [2.05, 4.69) is 12.7 Å². The molecule has 0 heterocycles. The van der Waals surface area contributed by atoms with Crippen LogP contribution in [0.4, 0.5) is 0 Å². The van der Waals surface area contributed by atoms with Crippen molar-refractivity contribution in [2.45, 2.75) is 0 Å². The van der Waals surface area contributed by atoms with Crippen molar-refractivity contribution in [1.82, 2.24) is 0 Å². The third-order valence-corrected chi connectivity index (χ3v) is 0.662. The van der Waals surface area contributed by atoms with Gasteiger partial charge in [-0.1, -0.05) is 0 Å². The van der Waals surface area contributed by atoms with E-state index < -0.39 is 0 Å². The van der Waals surface area contributed by atoms with Gasteiger partial charge in [0, 0.05) is 41.7 Å². The second kappa shape index (κ2) is 3.58. The van der Waals surface area contributed by atoms with Gasteiger partial charge in [-0.2, -0.15) is 30.4 Å². The van der Waals surface area contributed by atoms with E-state index >= 15 is 0 Å². The molecule has 0 nitrogen and oxygen atoms in total. The molecule has 0 saturated carbocycles. The molecule has 0 N–H and O–H groups in total. The monoisotopic (exact) mass is 217 g/mol. The van der Waals surface area contributed by atoms with Gasteiger partial charge in [0.25, 0.3) is 0 Å². The van der Waals surface area contributed by atoms with Crippen molar-refractivity contribution in [3.05, 3.63) is 36.5 Å². The van der Waals surface area contributed by atoms with Crippen LogP contribution < -0.4 is 0 Å². The fourth-order valence-electron chi connectivity index (χ4n) is 0.368. The summed E-state index contributed by atoms with van der Waals surface area (Å²) >= 11 is 0. The Kier molecular flexibility index (Phi) is 3.89. The van der Waals surface area contributed by atoms with Crippen LogP contribution in [-0.2, 0) is 0 Å². The summed E-state index contributed by atoms with van der Waals surface area (Å²) in [6.07, 6.45) is 8.57. The molecule has 1 rings (SSSR count). The van der Waals surface area contributed by atoms with Gasteiger partial charge in [0.15, 0.2) is 0 Å². The van der Waals surface area contributed by atoms with E-state index in [1.54, 1.807) is 0 Å². The number of hydrogen-bond acceptors (Lipinski definition) is 0. The van der Waals surface area contributed by atoms with Gasteiger partial charge in [0.05, 0.1) is 0 Å². The summed E-state index contributed by atoms with van der Waals surface area (Å²) < 4.78 is 0. The first-order chi connectivity index (χ1) is 2.89. The zero-order chi connectivity index (χ0) is 4.41. The van der Waals surface area contributed by atoms with Crippen LogP contribution in [0.5, 0.6) is 0 Å². The minimum atomic E-state index is 0. The predicted molar refractivity (Wildman–Crippen MR) is 26.1 cm³/mol. The van der Waals surface area contributed by atoms with Crippen molar-refractivity contribution >= 4 is 0 Å². The Labute approximate surface area is 77.4 Å². The van der Waals surface area contributed by atoms with Crippen molar-refractivity contribution in [2.24, 2.45) is 0 Å². The molecule has 0 atom stereocenters. The van der Waals surface area contributed by atoms with Gasteiger partial charge >= 0.3 is 0 Å². The van der Waals surface area contributed by atoms with Crippen LogP contribution in [0.1, 0.15) is 0 Å². The summed E-state index contributed by atoms with van der Waals surface area (Å²) in [7, 11) is 0. The Bertz CT molecular complexity index is 106. The Balaban J connectivity index is 0.000000360. The number of allylic oxidation sites excluding steroid dienone is 5. The first-order valence-electron chi connectivity index (χ1n) is 1.85. The zero-order valence-corrected chi connectivity index (χ0v) is 7.08. The Morgan fingerprint density at radius 3 is 2.43 bits per heavy atom. The molecule has 34 valence electrons. The first kappa shape index (κ1) is 7.60. The van der Waals surface area contributed by atoms with E-state index in [0.717, 1.165) is 5.57 Å². The Morgan fingerprint density at radius 1 is 1.57 bits per heavy atom. The molecule has 0 amide bonds. The van der Waals surface area contributed by atoms with Crippen molar-refractivity contribution in [3.63, 3.8) is 0 Å². The molecule has 0 aromatic heterocycles. The summed E-state index contributed by atoms with van der Waals surface area (Å²) in [5.74, 6) is 0. The second-order valence-corrected chi connectivity index (χ2v) is 1.20. The summed E-state index contributed by atoms with van der Waals surface area (Å²) in [6.45, 7) is 3.62. The van der Waals surface area contributed by atoms with E-state index in [4.69, 9.17) is 0 Å². The van der Waals surface area contributed by atoms with Crippen molar-refractivity contribution < 1.29 is 41.7 Å². The normalized spacial score (nSPS) is 14.6. The topological polar surface area (TPSA) is 0 Å². The molecule has 0 bridgehead atoms. The zero-order valence-electron chi connectivity index (χ0n) is 3.94. The van der Waals surface area contributed by atoms with Crippen LogP contribution in [-0.4, -0.2) is 0 Å². The largest absolute Gasteiger partial charge is 0.178 e. The van der Waals surface area contributed by atoms with E-state index in [-0.39, 0.29) is 41.7 Å². The standard InChI is InChI=1S/C6H5.Ce/c1-6-4-2-3-5-6;/h2-4H,1H2;/q-1;. The fraction of sp³-hybridized carbons (Fsp3) is 0. The van der Waals surface area contributed by atoms with E-state index in [1.807, 2.05) is 18.2 Å². The molecule has 0 saturated heterocycles. The third-order valence-electron chi connectivity index (χ3n) is 0.662. The Hall–Kier alpha value is 0.597. The average molecular weight is 217 g/mol. The summed E-state index contributed by atoms with van der Waals surface area (Å²) in [5, 5.41) is 0. The van der Waals surface area contributed by atoms with Gasteiger partial charge < -0.3 is 0 Å². The van der Waals surface area contributed by atoms with Gasteiger partial charge in [0.1, 0.15) is 0 Å². The van der Waals surface area contributed by atoms with Crippen LogP contribution >= 0.6 is 0 Å². The van der Waals surface area contributed by atoms with Gasteiger partial charge in [-0.25, -0.2) is 0 Å².